The number of hydrogen-bond acceptors (Lipinski definition) is 6. The number of fused-ring (bicyclic) bond motifs is 1. The maximum atomic E-state index is 15.5. The monoisotopic (exact) mass is 533 g/mol. The van der Waals surface area contributed by atoms with Gasteiger partial charge in [-0.15, -0.1) is 0 Å². The minimum absolute atomic E-state index is 0.0689. The van der Waals surface area contributed by atoms with Crippen LogP contribution in [0.25, 0.3) is 16.5 Å². The highest BCUT2D eigenvalue weighted by atomic mass is 19.1. The first-order valence-corrected chi connectivity index (χ1v) is 13.3. The number of carbonyl (C=O) groups is 2. The third kappa shape index (κ3) is 4.93. The molecule has 3 aliphatic rings. The van der Waals surface area contributed by atoms with Crippen molar-refractivity contribution in [2.24, 2.45) is 10.4 Å². The van der Waals surface area contributed by atoms with Gasteiger partial charge in [-0.2, -0.15) is 0 Å². The molecule has 2 aliphatic heterocycles. The molecule has 1 unspecified atom stereocenters. The fraction of sp³-hybridized carbons (Fsp3) is 0.400. The Bertz CT molecular complexity index is 1550. The van der Waals surface area contributed by atoms with Gasteiger partial charge in [-0.3, -0.25) is 4.79 Å². The Morgan fingerprint density at radius 2 is 1.97 bits per heavy atom. The normalized spacial score (nSPS) is 21.8. The van der Waals surface area contributed by atoms with Crippen molar-refractivity contribution in [1.29, 1.82) is 0 Å². The highest BCUT2D eigenvalue weighted by Crippen LogP contribution is 2.53. The summed E-state index contributed by atoms with van der Waals surface area (Å²) in [7, 11) is 1.87. The van der Waals surface area contributed by atoms with Crippen LogP contribution in [0.4, 0.5) is 4.39 Å². The smallest absolute Gasteiger partial charge is 0.351 e. The van der Waals surface area contributed by atoms with Crippen molar-refractivity contribution in [3.05, 3.63) is 75.8 Å². The van der Waals surface area contributed by atoms with Gasteiger partial charge in [-0.05, 0) is 56.4 Å². The second-order valence-corrected chi connectivity index (χ2v) is 11.0. The molecule has 2 aromatic rings. The van der Waals surface area contributed by atoms with Crippen molar-refractivity contribution in [2.45, 2.75) is 58.4 Å². The van der Waals surface area contributed by atoms with Gasteiger partial charge in [0, 0.05) is 41.7 Å². The molecule has 8 nitrogen and oxygen atoms in total. The van der Waals surface area contributed by atoms with Crippen LogP contribution >= 0.6 is 0 Å². The van der Waals surface area contributed by atoms with E-state index in [0.717, 1.165) is 50.3 Å². The van der Waals surface area contributed by atoms with Gasteiger partial charge in [-0.25, -0.2) is 19.0 Å². The van der Waals surface area contributed by atoms with E-state index in [0.29, 0.717) is 18.1 Å². The fourth-order valence-electron chi connectivity index (χ4n) is 5.35. The number of allylic oxidation sites excluding steroid dienone is 3. The number of hydrogen-bond donors (Lipinski definition) is 1. The van der Waals surface area contributed by atoms with E-state index in [-0.39, 0.29) is 39.5 Å². The molecule has 1 amide bonds. The van der Waals surface area contributed by atoms with Crippen LogP contribution in [0.3, 0.4) is 0 Å². The van der Waals surface area contributed by atoms with Crippen molar-refractivity contribution in [2.75, 3.05) is 13.6 Å². The third-order valence-electron chi connectivity index (χ3n) is 8.09. The van der Waals surface area contributed by atoms with Crippen molar-refractivity contribution in [3.63, 3.8) is 0 Å². The predicted molar refractivity (Wildman–Crippen MR) is 147 cm³/mol. The van der Waals surface area contributed by atoms with Gasteiger partial charge in [0.2, 0.25) is 0 Å². The number of halogens is 1. The van der Waals surface area contributed by atoms with E-state index < -0.39 is 23.0 Å². The zero-order chi connectivity index (χ0) is 28.1. The Morgan fingerprint density at radius 3 is 2.67 bits per heavy atom. The second-order valence-electron chi connectivity index (χ2n) is 11.0. The zero-order valence-corrected chi connectivity index (χ0v) is 22.4. The SMILES string of the molecule is C=C(/C=C1/N=C(C(=O)N2CCCCCC2C)C=C(C2(C)CC2)N1C)c1ccc2cc(C(=O)O)c(=O)oc2c1F. The van der Waals surface area contributed by atoms with E-state index in [4.69, 9.17) is 9.41 Å². The molecule has 1 aromatic heterocycles. The van der Waals surface area contributed by atoms with Crippen LogP contribution in [-0.2, 0) is 4.79 Å². The topological polar surface area (TPSA) is 103 Å². The number of rotatable bonds is 5. The van der Waals surface area contributed by atoms with E-state index in [1.165, 1.54) is 12.1 Å². The Kier molecular flexibility index (Phi) is 6.78. The number of nitrogens with zero attached hydrogens (tertiary/aromatic N) is 3. The van der Waals surface area contributed by atoms with Crippen LogP contribution in [0.15, 0.2) is 62.7 Å². The first-order valence-electron chi connectivity index (χ1n) is 13.3. The molecule has 1 N–H and O–H groups in total. The lowest BCUT2D eigenvalue weighted by molar-refractivity contribution is -0.125. The summed E-state index contributed by atoms with van der Waals surface area (Å²) < 4.78 is 20.5. The number of benzene rings is 1. The largest absolute Gasteiger partial charge is 0.477 e. The van der Waals surface area contributed by atoms with Gasteiger partial charge in [0.05, 0.1) is 0 Å². The molecule has 1 saturated carbocycles. The number of carbonyl (C=O) groups excluding carboxylic acids is 1. The summed E-state index contributed by atoms with van der Waals surface area (Å²) in [5, 5.41) is 9.32. The lowest BCUT2D eigenvalue weighted by atomic mass is 9.99. The van der Waals surface area contributed by atoms with Crippen LogP contribution in [0.5, 0.6) is 0 Å². The predicted octanol–water partition coefficient (Wildman–Crippen LogP) is 5.35. The highest BCUT2D eigenvalue weighted by Gasteiger charge is 2.45. The fourth-order valence-corrected chi connectivity index (χ4v) is 5.35. The molecule has 3 heterocycles. The average molecular weight is 534 g/mol. The van der Waals surface area contributed by atoms with E-state index in [1.807, 2.05) is 22.9 Å². The molecule has 0 bridgehead atoms. The van der Waals surface area contributed by atoms with Gasteiger partial charge < -0.3 is 19.3 Å². The maximum Gasteiger partial charge on any atom is 0.351 e. The molecule has 1 saturated heterocycles. The number of aromatic carboxylic acids is 1. The number of carboxylic acids is 1. The molecule has 0 spiro atoms. The minimum atomic E-state index is -1.45. The Balaban J connectivity index is 1.54. The van der Waals surface area contributed by atoms with Gasteiger partial charge in [0.25, 0.3) is 5.91 Å². The summed E-state index contributed by atoms with van der Waals surface area (Å²) in [6.45, 7) is 8.95. The number of carboxylic acid groups (broad SMARTS) is 1. The van der Waals surface area contributed by atoms with E-state index in [1.54, 1.807) is 6.08 Å². The van der Waals surface area contributed by atoms with Crippen molar-refractivity contribution in [1.82, 2.24) is 9.80 Å². The molecule has 5 rings (SSSR count). The highest BCUT2D eigenvalue weighted by molar-refractivity contribution is 6.44. The standard InChI is InChI=1S/C30H32FN3O5/c1-17(20-10-9-19-15-21(28(36)37)29(38)39-26(19)25(20)31)14-24-32-22(16-23(33(24)4)30(3)11-12-30)27(35)34-13-7-5-6-8-18(34)2/h9-10,14-16,18H,1,5-8,11-13H2,2-4H3,(H,36,37)/b24-14-. The summed E-state index contributed by atoms with van der Waals surface area (Å²) in [5.41, 5.74) is -0.443. The Morgan fingerprint density at radius 1 is 1.23 bits per heavy atom. The quantitative estimate of drug-likeness (QED) is 0.520. The van der Waals surface area contributed by atoms with E-state index >= 15 is 4.39 Å². The first kappa shape index (κ1) is 26.6. The lowest BCUT2D eigenvalue weighted by Crippen LogP contribution is -2.43. The van der Waals surface area contributed by atoms with Gasteiger partial charge in [-0.1, -0.05) is 38.5 Å². The van der Waals surface area contributed by atoms with Crippen LogP contribution in [0, 0.1) is 11.2 Å². The molecular formula is C30H32FN3O5. The Hall–Kier alpha value is -4.01. The van der Waals surface area contributed by atoms with Crippen molar-refractivity contribution in [3.8, 4) is 0 Å². The zero-order valence-electron chi connectivity index (χ0n) is 22.4. The third-order valence-corrected chi connectivity index (χ3v) is 8.09. The van der Waals surface area contributed by atoms with Gasteiger partial charge in [0.15, 0.2) is 11.4 Å². The summed E-state index contributed by atoms with van der Waals surface area (Å²) in [6.07, 6.45) is 9.61. The van der Waals surface area contributed by atoms with Crippen molar-refractivity contribution >= 4 is 34.1 Å². The first-order chi connectivity index (χ1) is 18.5. The van der Waals surface area contributed by atoms with Crippen LogP contribution in [-0.4, -0.2) is 52.1 Å². The average Bonchev–Trinajstić information content (AvgIpc) is 3.68. The van der Waals surface area contributed by atoms with Crippen LogP contribution < -0.4 is 5.63 Å². The molecule has 9 heteroatoms. The molecule has 1 aromatic carbocycles. The number of aliphatic imine (C=N–C) groups is 1. The molecule has 0 radical (unpaired) electrons. The van der Waals surface area contributed by atoms with Crippen LogP contribution in [0.2, 0.25) is 0 Å². The molecule has 2 fully saturated rings. The summed E-state index contributed by atoms with van der Waals surface area (Å²) >= 11 is 0. The number of amides is 1. The summed E-state index contributed by atoms with van der Waals surface area (Å²) in [6, 6.07) is 4.15. The molecule has 1 atom stereocenters. The molecule has 204 valence electrons. The summed E-state index contributed by atoms with van der Waals surface area (Å²) in [4.78, 5) is 45.5. The minimum Gasteiger partial charge on any atom is -0.477 e. The van der Waals surface area contributed by atoms with Gasteiger partial charge in [0.1, 0.15) is 17.1 Å². The van der Waals surface area contributed by atoms with E-state index in [9.17, 15) is 19.5 Å². The maximum absolute atomic E-state index is 15.5. The lowest BCUT2D eigenvalue weighted by Gasteiger charge is -2.33. The van der Waals surface area contributed by atoms with Gasteiger partial charge >= 0.3 is 11.6 Å². The molecular weight excluding hydrogens is 501 g/mol. The summed E-state index contributed by atoms with van der Waals surface area (Å²) in [5.74, 6) is -1.93. The van der Waals surface area contributed by atoms with E-state index in [2.05, 4.69) is 20.4 Å². The Labute approximate surface area is 225 Å². The molecule has 1 aliphatic carbocycles. The second kappa shape index (κ2) is 9.94. The van der Waals surface area contributed by atoms with Crippen LogP contribution in [0.1, 0.15) is 68.3 Å². The number of likely N-dealkylation sites (tertiary alicyclic amines) is 1. The molecule has 39 heavy (non-hydrogen) atoms. The van der Waals surface area contributed by atoms with Crippen molar-refractivity contribution < 1.29 is 23.5 Å².